The first kappa shape index (κ1) is 12.8. The van der Waals surface area contributed by atoms with Crippen LogP contribution in [-0.4, -0.2) is 36.5 Å². The Morgan fingerprint density at radius 3 is 2.38 bits per heavy atom. The van der Waals surface area contributed by atoms with E-state index in [1.165, 1.54) is 7.11 Å². The quantitative estimate of drug-likeness (QED) is 0.531. The molecule has 0 aromatic carbocycles. The number of carbonyl (C=O) groups excluding carboxylic acids is 2. The van der Waals surface area contributed by atoms with Crippen LogP contribution in [-0.2, 0) is 14.3 Å². The molecule has 0 unspecified atom stereocenters. The van der Waals surface area contributed by atoms with E-state index in [2.05, 4.69) is 10.6 Å². The fourth-order valence-electron chi connectivity index (χ4n) is 1.47. The van der Waals surface area contributed by atoms with Crippen LogP contribution in [0.4, 0.5) is 4.79 Å². The van der Waals surface area contributed by atoms with E-state index in [0.29, 0.717) is 0 Å². The topological polar surface area (TPSA) is 76.7 Å². The van der Waals surface area contributed by atoms with E-state index in [0.717, 1.165) is 0 Å². The van der Waals surface area contributed by atoms with Crippen LogP contribution in [0.2, 0.25) is 0 Å². The summed E-state index contributed by atoms with van der Waals surface area (Å²) < 4.78 is 10.1. The van der Waals surface area contributed by atoms with Gasteiger partial charge in [-0.2, -0.15) is 0 Å². The second-order valence-electron chi connectivity index (χ2n) is 4.76. The third-order valence-electron chi connectivity index (χ3n) is 2.30. The lowest BCUT2D eigenvalue weighted by molar-refractivity contribution is -0.171. The van der Waals surface area contributed by atoms with Crippen LogP contribution in [0.3, 0.4) is 0 Å². The number of β-lactam (4-membered cyclic amide) rings is 1. The lowest BCUT2D eigenvalue weighted by Gasteiger charge is -2.45. The smallest absolute Gasteiger partial charge is 0.410 e. The van der Waals surface area contributed by atoms with E-state index in [1.807, 2.05) is 0 Å². The Labute approximate surface area is 94.7 Å². The van der Waals surface area contributed by atoms with Crippen LogP contribution in [0.5, 0.6) is 0 Å². The highest BCUT2D eigenvalue weighted by Crippen LogP contribution is 2.22. The van der Waals surface area contributed by atoms with Gasteiger partial charge in [-0.05, 0) is 27.7 Å². The number of amides is 2. The maximum absolute atomic E-state index is 11.5. The van der Waals surface area contributed by atoms with E-state index in [1.54, 1.807) is 27.7 Å². The Morgan fingerprint density at radius 1 is 1.50 bits per heavy atom. The number of methoxy groups -OCH3 is 1. The van der Waals surface area contributed by atoms with E-state index in [9.17, 15) is 9.59 Å². The Bertz CT molecular complexity index is 310. The van der Waals surface area contributed by atoms with Gasteiger partial charge in [-0.3, -0.25) is 10.1 Å². The van der Waals surface area contributed by atoms with E-state index in [4.69, 9.17) is 9.47 Å². The van der Waals surface area contributed by atoms with Crippen LogP contribution in [0.15, 0.2) is 0 Å². The minimum atomic E-state index is -1.30. The summed E-state index contributed by atoms with van der Waals surface area (Å²) >= 11 is 0. The standard InChI is InChI=1S/C10H18N2O4/c1-6-10(15-5,7(13)11-6)12-8(14)16-9(2,3)4/h6H,1-5H3,(H,11,13)(H,12,14)/t6-,10-/m0/s1. The van der Waals surface area contributed by atoms with Crippen molar-refractivity contribution in [2.24, 2.45) is 0 Å². The van der Waals surface area contributed by atoms with Gasteiger partial charge < -0.3 is 14.8 Å². The fraction of sp³-hybridized carbons (Fsp3) is 0.800. The minimum absolute atomic E-state index is 0.280. The van der Waals surface area contributed by atoms with E-state index < -0.39 is 17.4 Å². The molecule has 2 N–H and O–H groups in total. The molecule has 0 aromatic heterocycles. The van der Waals surface area contributed by atoms with Gasteiger partial charge in [0.1, 0.15) is 5.60 Å². The highest BCUT2D eigenvalue weighted by molar-refractivity contribution is 5.95. The highest BCUT2D eigenvalue weighted by atomic mass is 16.6. The van der Waals surface area contributed by atoms with Crippen molar-refractivity contribution < 1.29 is 19.1 Å². The molecule has 0 aromatic rings. The van der Waals surface area contributed by atoms with Crippen LogP contribution < -0.4 is 10.6 Å². The van der Waals surface area contributed by atoms with Crippen molar-refractivity contribution in [1.82, 2.24) is 10.6 Å². The van der Waals surface area contributed by atoms with Crippen molar-refractivity contribution in [3.63, 3.8) is 0 Å². The lowest BCUT2D eigenvalue weighted by atomic mass is 9.95. The molecular formula is C10H18N2O4. The predicted molar refractivity (Wildman–Crippen MR) is 56.7 cm³/mol. The summed E-state index contributed by atoms with van der Waals surface area (Å²) in [5.41, 5.74) is -1.91. The summed E-state index contributed by atoms with van der Waals surface area (Å²) in [4.78, 5) is 22.9. The molecular weight excluding hydrogens is 212 g/mol. The fourth-order valence-corrected chi connectivity index (χ4v) is 1.47. The Morgan fingerprint density at radius 2 is 2.06 bits per heavy atom. The molecule has 16 heavy (non-hydrogen) atoms. The van der Waals surface area contributed by atoms with Gasteiger partial charge in [0, 0.05) is 7.11 Å². The molecule has 0 saturated carbocycles. The van der Waals surface area contributed by atoms with Crippen LogP contribution >= 0.6 is 0 Å². The van der Waals surface area contributed by atoms with Crippen LogP contribution in [0.25, 0.3) is 0 Å². The van der Waals surface area contributed by atoms with Crippen molar-refractivity contribution in [2.45, 2.75) is 45.1 Å². The summed E-state index contributed by atoms with van der Waals surface area (Å²) in [6.07, 6.45) is -0.670. The first-order valence-electron chi connectivity index (χ1n) is 5.08. The van der Waals surface area contributed by atoms with Crippen molar-refractivity contribution in [3.8, 4) is 0 Å². The maximum Gasteiger partial charge on any atom is 0.410 e. The molecule has 1 rings (SSSR count). The molecule has 6 heteroatoms. The highest BCUT2D eigenvalue weighted by Gasteiger charge is 2.55. The maximum atomic E-state index is 11.5. The summed E-state index contributed by atoms with van der Waals surface area (Å²) in [6.45, 7) is 6.98. The minimum Gasteiger partial charge on any atom is -0.444 e. The van der Waals surface area contributed by atoms with Gasteiger partial charge >= 0.3 is 6.09 Å². The second-order valence-corrected chi connectivity index (χ2v) is 4.76. The molecule has 1 saturated heterocycles. The zero-order valence-electron chi connectivity index (χ0n) is 10.2. The lowest BCUT2D eigenvalue weighted by Crippen LogP contribution is -2.79. The van der Waals surface area contributed by atoms with Gasteiger partial charge in [0.2, 0.25) is 5.72 Å². The third kappa shape index (κ3) is 2.27. The van der Waals surface area contributed by atoms with Crippen LogP contribution in [0, 0.1) is 0 Å². The summed E-state index contributed by atoms with van der Waals surface area (Å²) in [7, 11) is 1.37. The summed E-state index contributed by atoms with van der Waals surface area (Å²) in [6, 6.07) is -0.280. The number of hydrogen-bond donors (Lipinski definition) is 2. The molecule has 2 atom stereocenters. The second kappa shape index (κ2) is 3.93. The zero-order valence-corrected chi connectivity index (χ0v) is 10.2. The molecule has 1 fully saturated rings. The average molecular weight is 230 g/mol. The molecule has 0 aliphatic carbocycles. The van der Waals surface area contributed by atoms with Gasteiger partial charge in [-0.15, -0.1) is 0 Å². The monoisotopic (exact) mass is 230 g/mol. The number of nitrogens with one attached hydrogen (secondary N) is 2. The Kier molecular flexibility index (Phi) is 3.14. The Balaban J connectivity index is 2.65. The molecule has 2 amide bonds. The van der Waals surface area contributed by atoms with Gasteiger partial charge in [-0.1, -0.05) is 0 Å². The van der Waals surface area contributed by atoms with Crippen molar-refractivity contribution in [3.05, 3.63) is 0 Å². The predicted octanol–water partition coefficient (Wildman–Crippen LogP) is 0.372. The normalized spacial score (nSPS) is 29.1. The molecule has 0 radical (unpaired) electrons. The number of alkyl carbamates (subject to hydrolysis) is 1. The summed E-state index contributed by atoms with van der Waals surface area (Å²) in [5.74, 6) is -0.367. The first-order chi connectivity index (χ1) is 7.21. The average Bonchev–Trinajstić information content (AvgIpc) is 2.11. The molecule has 1 heterocycles. The largest absolute Gasteiger partial charge is 0.444 e. The zero-order chi connectivity index (χ0) is 12.6. The van der Waals surface area contributed by atoms with Crippen molar-refractivity contribution in [2.75, 3.05) is 7.11 Å². The van der Waals surface area contributed by atoms with Gasteiger partial charge in [0.15, 0.2) is 0 Å². The van der Waals surface area contributed by atoms with Gasteiger partial charge in [0.05, 0.1) is 6.04 Å². The van der Waals surface area contributed by atoms with Crippen molar-refractivity contribution >= 4 is 12.0 Å². The molecule has 92 valence electrons. The molecule has 0 bridgehead atoms. The summed E-state index contributed by atoms with van der Waals surface area (Å²) in [5, 5.41) is 5.02. The van der Waals surface area contributed by atoms with Gasteiger partial charge in [-0.25, -0.2) is 4.79 Å². The number of rotatable bonds is 2. The van der Waals surface area contributed by atoms with Crippen LogP contribution in [0.1, 0.15) is 27.7 Å². The first-order valence-corrected chi connectivity index (χ1v) is 5.08. The van der Waals surface area contributed by atoms with E-state index in [-0.39, 0.29) is 11.9 Å². The third-order valence-corrected chi connectivity index (χ3v) is 2.30. The number of hydrogen-bond acceptors (Lipinski definition) is 4. The van der Waals surface area contributed by atoms with Crippen molar-refractivity contribution in [1.29, 1.82) is 0 Å². The number of carbonyl (C=O) groups is 2. The molecule has 6 nitrogen and oxygen atoms in total. The molecule has 0 spiro atoms. The number of ether oxygens (including phenoxy) is 2. The van der Waals surface area contributed by atoms with E-state index >= 15 is 0 Å². The SMILES string of the molecule is CO[C@]1(NC(=O)OC(C)(C)C)C(=O)N[C@H]1C. The Hall–Kier alpha value is -1.30. The molecule has 1 aliphatic heterocycles. The van der Waals surface area contributed by atoms with Gasteiger partial charge in [0.25, 0.3) is 5.91 Å². The molecule has 1 aliphatic rings.